The summed E-state index contributed by atoms with van der Waals surface area (Å²) in [6.07, 6.45) is 1.85. The molecule has 1 aromatic carbocycles. The number of anilines is 1. The zero-order chi connectivity index (χ0) is 13.8. The maximum atomic E-state index is 12.2. The molecular formula is C16H24N2O. The molecule has 1 aliphatic heterocycles. The van der Waals surface area contributed by atoms with Crippen LogP contribution in [0.2, 0.25) is 0 Å². The van der Waals surface area contributed by atoms with Gasteiger partial charge in [0.2, 0.25) is 5.91 Å². The standard InChI is InChI=1S/C16H24N2O/c1-11(2)12(3)10-17-16(19)15-9-8-13-6-4-5-7-14(13)18-15/h4-7,11-12,15,18H,8-10H2,1-3H3,(H,17,19). The lowest BCUT2D eigenvalue weighted by atomic mass is 9.96. The molecule has 0 saturated heterocycles. The first-order chi connectivity index (χ1) is 9.08. The SMILES string of the molecule is CC(C)C(C)CNC(=O)C1CCc2ccccc2N1. The Bertz CT molecular complexity index is 442. The van der Waals surface area contributed by atoms with Gasteiger partial charge < -0.3 is 10.6 Å². The Balaban J connectivity index is 1.89. The third-order valence-corrected chi connectivity index (χ3v) is 4.10. The van der Waals surface area contributed by atoms with Crippen LogP contribution < -0.4 is 10.6 Å². The number of carbonyl (C=O) groups is 1. The Kier molecular flexibility index (Phi) is 4.46. The lowest BCUT2D eigenvalue weighted by Gasteiger charge is -2.27. The summed E-state index contributed by atoms with van der Waals surface area (Å²) in [4.78, 5) is 12.2. The molecule has 1 aromatic rings. The molecule has 19 heavy (non-hydrogen) atoms. The fourth-order valence-corrected chi connectivity index (χ4v) is 2.26. The van der Waals surface area contributed by atoms with Gasteiger partial charge in [-0.15, -0.1) is 0 Å². The largest absolute Gasteiger partial charge is 0.373 e. The number of benzene rings is 1. The highest BCUT2D eigenvalue weighted by molar-refractivity contribution is 5.85. The van der Waals surface area contributed by atoms with E-state index in [1.165, 1.54) is 5.56 Å². The Labute approximate surface area is 115 Å². The normalized spacial score (nSPS) is 19.5. The van der Waals surface area contributed by atoms with Crippen molar-refractivity contribution in [2.75, 3.05) is 11.9 Å². The highest BCUT2D eigenvalue weighted by Crippen LogP contribution is 2.24. The van der Waals surface area contributed by atoms with E-state index < -0.39 is 0 Å². The summed E-state index contributed by atoms with van der Waals surface area (Å²) in [7, 11) is 0. The Hall–Kier alpha value is -1.51. The average Bonchev–Trinajstić information content (AvgIpc) is 2.43. The van der Waals surface area contributed by atoms with Gasteiger partial charge in [-0.2, -0.15) is 0 Å². The quantitative estimate of drug-likeness (QED) is 0.874. The summed E-state index contributed by atoms with van der Waals surface area (Å²) in [6, 6.07) is 8.13. The monoisotopic (exact) mass is 260 g/mol. The zero-order valence-electron chi connectivity index (χ0n) is 12.1. The molecule has 0 bridgehead atoms. The summed E-state index contributed by atoms with van der Waals surface area (Å²) < 4.78 is 0. The van der Waals surface area contributed by atoms with Crippen LogP contribution in [0, 0.1) is 11.8 Å². The minimum Gasteiger partial charge on any atom is -0.373 e. The van der Waals surface area contributed by atoms with Gasteiger partial charge in [0.1, 0.15) is 6.04 Å². The molecule has 0 fully saturated rings. The van der Waals surface area contributed by atoms with Gasteiger partial charge in [0.25, 0.3) is 0 Å². The van der Waals surface area contributed by atoms with Crippen molar-refractivity contribution < 1.29 is 4.79 Å². The number of hydrogen-bond acceptors (Lipinski definition) is 2. The molecule has 0 spiro atoms. The fraction of sp³-hybridized carbons (Fsp3) is 0.562. The van der Waals surface area contributed by atoms with Crippen LogP contribution >= 0.6 is 0 Å². The van der Waals surface area contributed by atoms with Gasteiger partial charge in [-0.3, -0.25) is 4.79 Å². The van der Waals surface area contributed by atoms with Crippen LogP contribution in [0.4, 0.5) is 5.69 Å². The first-order valence-corrected chi connectivity index (χ1v) is 7.20. The van der Waals surface area contributed by atoms with Gasteiger partial charge >= 0.3 is 0 Å². The second-order valence-electron chi connectivity index (χ2n) is 5.86. The summed E-state index contributed by atoms with van der Waals surface area (Å²) in [5.41, 5.74) is 2.41. The topological polar surface area (TPSA) is 41.1 Å². The first-order valence-electron chi connectivity index (χ1n) is 7.20. The number of rotatable bonds is 4. The van der Waals surface area contributed by atoms with Crippen molar-refractivity contribution in [1.29, 1.82) is 0 Å². The molecule has 1 amide bonds. The van der Waals surface area contributed by atoms with Gasteiger partial charge in [0.15, 0.2) is 0 Å². The van der Waals surface area contributed by atoms with Gasteiger partial charge in [0, 0.05) is 12.2 Å². The van der Waals surface area contributed by atoms with Crippen molar-refractivity contribution in [3.8, 4) is 0 Å². The average molecular weight is 260 g/mol. The summed E-state index contributed by atoms with van der Waals surface area (Å²) in [5.74, 6) is 1.24. The van der Waals surface area contributed by atoms with Crippen molar-refractivity contribution in [3.63, 3.8) is 0 Å². The Morgan fingerprint density at radius 2 is 2.11 bits per heavy atom. The molecule has 2 N–H and O–H groups in total. The highest BCUT2D eigenvalue weighted by atomic mass is 16.2. The van der Waals surface area contributed by atoms with Crippen molar-refractivity contribution in [2.24, 2.45) is 11.8 Å². The molecule has 104 valence electrons. The van der Waals surface area contributed by atoms with E-state index in [2.05, 4.69) is 37.5 Å². The Morgan fingerprint density at radius 1 is 1.37 bits per heavy atom. The van der Waals surface area contributed by atoms with Gasteiger partial charge in [0.05, 0.1) is 0 Å². The Morgan fingerprint density at radius 3 is 2.84 bits per heavy atom. The zero-order valence-corrected chi connectivity index (χ0v) is 12.1. The van der Waals surface area contributed by atoms with Crippen molar-refractivity contribution in [2.45, 2.75) is 39.7 Å². The molecular weight excluding hydrogens is 236 g/mol. The van der Waals surface area contributed by atoms with E-state index in [1.807, 2.05) is 18.2 Å². The van der Waals surface area contributed by atoms with Crippen molar-refractivity contribution >= 4 is 11.6 Å². The number of hydrogen-bond donors (Lipinski definition) is 2. The molecule has 0 radical (unpaired) electrons. The maximum absolute atomic E-state index is 12.2. The van der Waals surface area contributed by atoms with Crippen LogP contribution in [0.25, 0.3) is 0 Å². The maximum Gasteiger partial charge on any atom is 0.242 e. The van der Waals surface area contributed by atoms with E-state index in [0.29, 0.717) is 11.8 Å². The summed E-state index contributed by atoms with van der Waals surface area (Å²) >= 11 is 0. The predicted molar refractivity (Wildman–Crippen MR) is 79.2 cm³/mol. The van der Waals surface area contributed by atoms with Crippen LogP contribution in [-0.4, -0.2) is 18.5 Å². The van der Waals surface area contributed by atoms with E-state index in [9.17, 15) is 4.79 Å². The molecule has 0 saturated carbocycles. The number of amides is 1. The number of aryl methyl sites for hydroxylation is 1. The number of fused-ring (bicyclic) bond motifs is 1. The molecule has 2 atom stereocenters. The van der Waals surface area contributed by atoms with Gasteiger partial charge in [-0.1, -0.05) is 39.0 Å². The smallest absolute Gasteiger partial charge is 0.242 e. The number of para-hydroxylation sites is 1. The number of carbonyl (C=O) groups excluding carboxylic acids is 1. The van der Waals surface area contributed by atoms with Crippen LogP contribution in [0.15, 0.2) is 24.3 Å². The molecule has 3 heteroatoms. The number of nitrogens with one attached hydrogen (secondary N) is 2. The molecule has 1 aliphatic rings. The molecule has 2 unspecified atom stereocenters. The van der Waals surface area contributed by atoms with E-state index in [1.54, 1.807) is 0 Å². The third kappa shape index (κ3) is 3.49. The predicted octanol–water partition coefficient (Wildman–Crippen LogP) is 2.82. The van der Waals surface area contributed by atoms with E-state index in [-0.39, 0.29) is 11.9 Å². The summed E-state index contributed by atoms with van der Waals surface area (Å²) in [6.45, 7) is 7.31. The highest BCUT2D eigenvalue weighted by Gasteiger charge is 2.23. The molecule has 0 aromatic heterocycles. The van der Waals surface area contributed by atoms with Crippen LogP contribution in [-0.2, 0) is 11.2 Å². The minimum atomic E-state index is -0.0886. The van der Waals surface area contributed by atoms with E-state index in [4.69, 9.17) is 0 Å². The summed E-state index contributed by atoms with van der Waals surface area (Å²) in [5, 5.41) is 6.40. The van der Waals surface area contributed by atoms with Crippen LogP contribution in [0.1, 0.15) is 32.8 Å². The van der Waals surface area contributed by atoms with Crippen LogP contribution in [0.3, 0.4) is 0 Å². The molecule has 1 heterocycles. The minimum absolute atomic E-state index is 0.0886. The lowest BCUT2D eigenvalue weighted by molar-refractivity contribution is -0.122. The lowest BCUT2D eigenvalue weighted by Crippen LogP contribution is -2.43. The van der Waals surface area contributed by atoms with Gasteiger partial charge in [-0.05, 0) is 36.3 Å². The van der Waals surface area contributed by atoms with E-state index >= 15 is 0 Å². The van der Waals surface area contributed by atoms with Crippen LogP contribution in [0.5, 0.6) is 0 Å². The molecule has 3 nitrogen and oxygen atoms in total. The first kappa shape index (κ1) is 13.9. The van der Waals surface area contributed by atoms with Crippen molar-refractivity contribution in [1.82, 2.24) is 5.32 Å². The second kappa shape index (κ2) is 6.09. The van der Waals surface area contributed by atoms with Gasteiger partial charge in [-0.25, -0.2) is 0 Å². The second-order valence-corrected chi connectivity index (χ2v) is 5.86. The fourth-order valence-electron chi connectivity index (χ4n) is 2.26. The van der Waals surface area contributed by atoms with E-state index in [0.717, 1.165) is 25.1 Å². The third-order valence-electron chi connectivity index (χ3n) is 4.10. The molecule has 0 aliphatic carbocycles. The molecule has 2 rings (SSSR count). The van der Waals surface area contributed by atoms with Crippen molar-refractivity contribution in [3.05, 3.63) is 29.8 Å².